The molecule has 0 saturated carbocycles. The van der Waals surface area contributed by atoms with E-state index in [-0.39, 0.29) is 5.69 Å². The third-order valence-corrected chi connectivity index (χ3v) is 2.59. The molecule has 0 fully saturated rings. The predicted octanol–water partition coefficient (Wildman–Crippen LogP) is 0.272. The van der Waals surface area contributed by atoms with Crippen molar-refractivity contribution in [2.24, 2.45) is 5.16 Å². The second kappa shape index (κ2) is 6.15. The van der Waals surface area contributed by atoms with Crippen LogP contribution < -0.4 is 0 Å². The van der Waals surface area contributed by atoms with E-state index in [0.717, 1.165) is 0 Å². The number of carboxylic acid groups (broad SMARTS) is 1. The van der Waals surface area contributed by atoms with Gasteiger partial charge in [0.05, 0.1) is 5.01 Å². The van der Waals surface area contributed by atoms with Crippen LogP contribution in [0, 0.1) is 6.92 Å². The van der Waals surface area contributed by atoms with Gasteiger partial charge in [-0.2, -0.15) is 0 Å². The summed E-state index contributed by atoms with van der Waals surface area (Å²) in [5.41, 5.74) is -0.227. The number of carboxylic acids is 1. The number of thiazole rings is 1. The quantitative estimate of drug-likeness (QED) is 0.467. The van der Waals surface area contributed by atoms with E-state index in [1.54, 1.807) is 6.92 Å². The topological polar surface area (TPSA) is 98.1 Å². The lowest BCUT2D eigenvalue weighted by molar-refractivity contribution is -0.146. The van der Waals surface area contributed by atoms with E-state index in [2.05, 4.69) is 22.8 Å². The van der Waals surface area contributed by atoms with Gasteiger partial charge in [0, 0.05) is 5.38 Å². The van der Waals surface area contributed by atoms with E-state index in [1.807, 2.05) is 0 Å². The minimum Gasteiger partial charge on any atom is -0.541 e. The molecule has 1 N–H and O–H groups in total. The summed E-state index contributed by atoms with van der Waals surface area (Å²) in [6.45, 7) is 3.05. The van der Waals surface area contributed by atoms with Crippen LogP contribution in [0.25, 0.3) is 0 Å². The van der Waals surface area contributed by atoms with Crippen molar-refractivity contribution in [1.82, 2.24) is 4.98 Å². The molecule has 0 amide bonds. The van der Waals surface area contributed by atoms with Gasteiger partial charge in [-0.1, -0.05) is 5.16 Å². The van der Waals surface area contributed by atoms with Gasteiger partial charge in [-0.25, -0.2) is 14.6 Å². The van der Waals surface area contributed by atoms with Gasteiger partial charge in [0.25, 0.3) is 0 Å². The molecule has 0 aromatic carbocycles. The number of nitrogens with zero attached hydrogens (tertiary/aromatic N) is 2. The molecule has 0 aliphatic rings. The van der Waals surface area contributed by atoms with Crippen molar-refractivity contribution in [3.05, 3.63) is 16.1 Å². The second-order valence-electron chi connectivity index (χ2n) is 3.18. The standard InChI is InChI=1S/C9H9BN2O5S/c1-4(9(15)16-10)17-12-7(8(13)14)6-3-18-5(2)11-6/h3-4H,1-2H3,(H,13,14)/b12-7-/t4-/m0/s1. The van der Waals surface area contributed by atoms with Gasteiger partial charge < -0.3 is 14.6 Å². The lowest BCUT2D eigenvalue weighted by atomic mass is 10.3. The highest BCUT2D eigenvalue weighted by Gasteiger charge is 2.19. The number of hydrogen-bond acceptors (Lipinski definition) is 7. The van der Waals surface area contributed by atoms with E-state index in [9.17, 15) is 9.59 Å². The zero-order valence-electron chi connectivity index (χ0n) is 9.61. The Morgan fingerprint density at radius 3 is 2.72 bits per heavy atom. The van der Waals surface area contributed by atoms with Crippen LogP contribution in [0.1, 0.15) is 17.6 Å². The molecule has 1 heterocycles. The van der Waals surface area contributed by atoms with Gasteiger partial charge in [0.2, 0.25) is 11.8 Å². The van der Waals surface area contributed by atoms with Crippen LogP contribution in [-0.2, 0) is 19.1 Å². The fourth-order valence-electron chi connectivity index (χ4n) is 0.938. The highest BCUT2D eigenvalue weighted by molar-refractivity contribution is 7.09. The first-order valence-electron chi connectivity index (χ1n) is 4.76. The van der Waals surface area contributed by atoms with Gasteiger partial charge in [-0.15, -0.1) is 11.3 Å². The second-order valence-corrected chi connectivity index (χ2v) is 4.24. The lowest BCUT2D eigenvalue weighted by Crippen LogP contribution is -2.23. The van der Waals surface area contributed by atoms with Crippen LogP contribution in [0.15, 0.2) is 10.5 Å². The summed E-state index contributed by atoms with van der Waals surface area (Å²) in [5, 5.41) is 14.6. The molecule has 1 atom stereocenters. The summed E-state index contributed by atoms with van der Waals surface area (Å²) in [6.07, 6.45) is -1.11. The molecule has 0 saturated heterocycles. The van der Waals surface area contributed by atoms with Crippen molar-refractivity contribution < 1.29 is 24.2 Å². The number of carbonyl (C=O) groups is 2. The maximum absolute atomic E-state index is 11.0. The Labute approximate surface area is 108 Å². The van der Waals surface area contributed by atoms with Crippen molar-refractivity contribution in [3.8, 4) is 0 Å². The molecule has 0 spiro atoms. The van der Waals surface area contributed by atoms with Crippen molar-refractivity contribution in [2.45, 2.75) is 20.0 Å². The van der Waals surface area contributed by atoms with Crippen LogP contribution in [0.2, 0.25) is 0 Å². The summed E-state index contributed by atoms with van der Waals surface area (Å²) < 4.78 is 3.92. The van der Waals surface area contributed by atoms with Gasteiger partial charge in [0.1, 0.15) is 5.69 Å². The minimum atomic E-state index is -1.31. The first-order valence-corrected chi connectivity index (χ1v) is 5.63. The number of oxime groups is 1. The molecule has 1 aromatic heterocycles. The van der Waals surface area contributed by atoms with Crippen molar-refractivity contribution in [3.63, 3.8) is 0 Å². The molecule has 0 bridgehead atoms. The van der Waals surface area contributed by atoms with E-state index >= 15 is 0 Å². The normalized spacial score (nSPS) is 12.9. The number of rotatable bonds is 5. The summed E-state index contributed by atoms with van der Waals surface area (Å²) in [5.74, 6) is -2.17. The Bertz CT molecular complexity index is 487. The summed E-state index contributed by atoms with van der Waals surface area (Å²) >= 11 is 1.27. The van der Waals surface area contributed by atoms with Gasteiger partial charge in [-0.3, -0.25) is 0 Å². The average molecular weight is 268 g/mol. The van der Waals surface area contributed by atoms with Gasteiger partial charge >= 0.3 is 20.0 Å². The molecule has 1 rings (SSSR count). The minimum absolute atomic E-state index is 0.165. The largest absolute Gasteiger partial charge is 0.541 e. The number of aliphatic carboxylic acids is 1. The molecule has 0 aliphatic heterocycles. The Morgan fingerprint density at radius 1 is 1.61 bits per heavy atom. The third-order valence-electron chi connectivity index (χ3n) is 1.81. The summed E-state index contributed by atoms with van der Waals surface area (Å²) in [6, 6.07) is 0. The molecule has 0 unspecified atom stereocenters. The fourth-order valence-corrected chi connectivity index (χ4v) is 1.54. The monoisotopic (exact) mass is 268 g/mol. The first kappa shape index (κ1) is 14.2. The highest BCUT2D eigenvalue weighted by Crippen LogP contribution is 2.10. The maximum atomic E-state index is 11.0. The molecule has 94 valence electrons. The number of carbonyl (C=O) groups excluding carboxylic acids is 1. The number of hydrogen-bond donors (Lipinski definition) is 1. The molecule has 7 nitrogen and oxygen atoms in total. The highest BCUT2D eigenvalue weighted by atomic mass is 32.1. The first-order chi connectivity index (χ1) is 8.45. The molecule has 9 heteroatoms. The van der Waals surface area contributed by atoms with Crippen LogP contribution in [-0.4, -0.2) is 41.9 Å². The average Bonchev–Trinajstić information content (AvgIpc) is 2.74. The smallest absolute Gasteiger partial charge is 0.378 e. The van der Waals surface area contributed by atoms with Gasteiger partial charge in [-0.05, 0) is 13.8 Å². The Morgan fingerprint density at radius 2 is 2.28 bits per heavy atom. The molecule has 2 radical (unpaired) electrons. The Balaban J connectivity index is 2.86. The zero-order chi connectivity index (χ0) is 13.7. The SMILES string of the molecule is [B]OC(=O)[C@H](C)O/N=C(\C(=O)O)c1csc(C)n1. The molecular formula is C9H9BN2O5S. The fraction of sp³-hybridized carbons (Fsp3) is 0.333. The molecule has 0 aliphatic carbocycles. The van der Waals surface area contributed by atoms with Crippen molar-refractivity contribution in [1.29, 1.82) is 0 Å². The van der Waals surface area contributed by atoms with Crippen LogP contribution in [0.5, 0.6) is 0 Å². The van der Waals surface area contributed by atoms with E-state index in [1.165, 1.54) is 23.6 Å². The van der Waals surface area contributed by atoms with Crippen LogP contribution >= 0.6 is 11.3 Å². The Kier molecular flexibility index (Phi) is 4.84. The van der Waals surface area contributed by atoms with E-state index in [0.29, 0.717) is 5.01 Å². The number of aryl methyl sites for hydroxylation is 1. The maximum Gasteiger partial charge on any atom is 0.378 e. The number of aromatic nitrogens is 1. The molecule has 1 aromatic rings. The molecular weight excluding hydrogens is 259 g/mol. The third kappa shape index (κ3) is 3.55. The predicted molar refractivity (Wildman–Crippen MR) is 63.4 cm³/mol. The van der Waals surface area contributed by atoms with E-state index in [4.69, 9.17) is 9.94 Å². The summed E-state index contributed by atoms with van der Waals surface area (Å²) in [7, 11) is 4.65. The van der Waals surface area contributed by atoms with Crippen molar-refractivity contribution >= 4 is 37.0 Å². The zero-order valence-corrected chi connectivity index (χ0v) is 10.4. The van der Waals surface area contributed by atoms with Crippen LogP contribution in [0.3, 0.4) is 0 Å². The Hall–Kier alpha value is -1.90. The van der Waals surface area contributed by atoms with E-state index < -0.39 is 23.8 Å². The van der Waals surface area contributed by atoms with Gasteiger partial charge in [0.15, 0.2) is 0 Å². The van der Waals surface area contributed by atoms with Crippen LogP contribution in [0.4, 0.5) is 0 Å². The summed E-state index contributed by atoms with van der Waals surface area (Å²) in [4.78, 5) is 30.6. The van der Waals surface area contributed by atoms with Crippen molar-refractivity contribution in [2.75, 3.05) is 0 Å². The molecule has 18 heavy (non-hydrogen) atoms. The lowest BCUT2D eigenvalue weighted by Gasteiger charge is -2.07.